The molecule has 0 aliphatic heterocycles. The molecule has 0 spiro atoms. The maximum Gasteiger partial charge on any atom is 0.298 e. The molecule has 110 valence electrons. The molecule has 0 saturated heterocycles. The lowest BCUT2D eigenvalue weighted by atomic mass is 10.2. The van der Waals surface area contributed by atoms with Crippen LogP contribution in [0.2, 0.25) is 0 Å². The van der Waals surface area contributed by atoms with Gasteiger partial charge in [0.05, 0.1) is 10.5 Å². The van der Waals surface area contributed by atoms with Gasteiger partial charge in [-0.05, 0) is 24.3 Å². The smallest absolute Gasteiger partial charge is 0.298 e. The summed E-state index contributed by atoms with van der Waals surface area (Å²) in [5, 5.41) is 24.2. The van der Waals surface area contributed by atoms with Crippen molar-refractivity contribution < 1.29 is 18.9 Å². The molecule has 2 aromatic heterocycles. The molecule has 0 bridgehead atoms. The normalized spacial score (nSPS) is 10.6. The van der Waals surface area contributed by atoms with E-state index in [4.69, 9.17) is 4.52 Å². The Balaban J connectivity index is 2.09. The number of hydrogen-bond donors (Lipinski definition) is 1. The Morgan fingerprint density at radius 1 is 1.32 bits per heavy atom. The van der Waals surface area contributed by atoms with Gasteiger partial charge in [0.1, 0.15) is 11.6 Å². The highest BCUT2D eigenvalue weighted by Gasteiger charge is 2.22. The van der Waals surface area contributed by atoms with Crippen molar-refractivity contribution in [1.29, 1.82) is 0 Å². The van der Waals surface area contributed by atoms with Crippen molar-refractivity contribution >= 4 is 5.69 Å². The van der Waals surface area contributed by atoms with E-state index in [1.807, 2.05) is 0 Å². The second-order valence-corrected chi connectivity index (χ2v) is 4.21. The number of pyridine rings is 1. The number of nitro groups is 1. The van der Waals surface area contributed by atoms with E-state index in [1.54, 1.807) is 0 Å². The summed E-state index contributed by atoms with van der Waals surface area (Å²) in [4.78, 5) is 18.1. The van der Waals surface area contributed by atoms with Crippen molar-refractivity contribution in [1.82, 2.24) is 15.1 Å². The maximum absolute atomic E-state index is 13.2. The van der Waals surface area contributed by atoms with E-state index in [2.05, 4.69) is 15.1 Å². The van der Waals surface area contributed by atoms with Crippen molar-refractivity contribution in [2.45, 2.75) is 0 Å². The Labute approximate surface area is 122 Å². The van der Waals surface area contributed by atoms with Gasteiger partial charge in [0, 0.05) is 12.3 Å². The highest BCUT2D eigenvalue weighted by Crippen LogP contribution is 2.31. The lowest BCUT2D eigenvalue weighted by Gasteiger charge is -1.98. The first-order valence-corrected chi connectivity index (χ1v) is 5.98. The lowest BCUT2D eigenvalue weighted by molar-refractivity contribution is -0.384. The molecule has 0 unspecified atom stereocenters. The van der Waals surface area contributed by atoms with Crippen LogP contribution in [0.25, 0.3) is 23.0 Å². The van der Waals surface area contributed by atoms with Gasteiger partial charge in [0.15, 0.2) is 5.69 Å². The standard InChI is InChI=1S/C13H7FN4O4/c14-7-3-4-10(19)8(6-7)13-16-12(17-22-13)11-9(18(20)21)2-1-5-15-11/h1-6,19H. The van der Waals surface area contributed by atoms with Crippen LogP contribution in [0.4, 0.5) is 10.1 Å². The minimum atomic E-state index is -0.627. The van der Waals surface area contributed by atoms with Gasteiger partial charge >= 0.3 is 0 Å². The summed E-state index contributed by atoms with van der Waals surface area (Å²) in [5.74, 6) is -1.17. The highest BCUT2D eigenvalue weighted by molar-refractivity contribution is 5.67. The zero-order valence-corrected chi connectivity index (χ0v) is 10.8. The fraction of sp³-hybridized carbons (Fsp3) is 0. The van der Waals surface area contributed by atoms with Gasteiger partial charge in [-0.1, -0.05) is 5.16 Å². The van der Waals surface area contributed by atoms with Crippen molar-refractivity contribution in [3.8, 4) is 28.7 Å². The zero-order chi connectivity index (χ0) is 15.7. The van der Waals surface area contributed by atoms with Crippen LogP contribution in [0.3, 0.4) is 0 Å². The molecule has 0 amide bonds. The van der Waals surface area contributed by atoms with Crippen LogP contribution in [0, 0.1) is 15.9 Å². The molecular weight excluding hydrogens is 295 g/mol. The molecule has 3 aromatic rings. The number of halogens is 1. The summed E-state index contributed by atoms with van der Waals surface area (Å²) in [6, 6.07) is 5.87. The first-order valence-electron chi connectivity index (χ1n) is 5.98. The molecule has 0 saturated carbocycles. The summed E-state index contributed by atoms with van der Waals surface area (Å²) >= 11 is 0. The van der Waals surface area contributed by atoms with Gasteiger partial charge in [0.2, 0.25) is 5.82 Å². The SMILES string of the molecule is O=[N+]([O-])c1cccnc1-c1noc(-c2cc(F)ccc2O)n1. The second-order valence-electron chi connectivity index (χ2n) is 4.21. The van der Waals surface area contributed by atoms with Crippen LogP contribution in [0.5, 0.6) is 5.75 Å². The molecule has 0 radical (unpaired) electrons. The van der Waals surface area contributed by atoms with Gasteiger partial charge in [-0.2, -0.15) is 4.98 Å². The van der Waals surface area contributed by atoms with E-state index >= 15 is 0 Å². The second kappa shape index (κ2) is 5.20. The molecule has 1 aromatic carbocycles. The molecular formula is C13H7FN4O4. The largest absolute Gasteiger partial charge is 0.507 e. The molecule has 1 N–H and O–H groups in total. The van der Waals surface area contributed by atoms with E-state index in [0.29, 0.717) is 0 Å². The van der Waals surface area contributed by atoms with Crippen molar-refractivity contribution in [2.24, 2.45) is 0 Å². The van der Waals surface area contributed by atoms with Crippen LogP contribution in [0.15, 0.2) is 41.1 Å². The number of aromatic nitrogens is 3. The zero-order valence-electron chi connectivity index (χ0n) is 10.8. The average Bonchev–Trinajstić information content (AvgIpc) is 2.99. The van der Waals surface area contributed by atoms with E-state index in [0.717, 1.165) is 18.2 Å². The molecule has 3 rings (SSSR count). The Morgan fingerprint density at radius 2 is 2.14 bits per heavy atom. The average molecular weight is 302 g/mol. The van der Waals surface area contributed by atoms with Crippen molar-refractivity contribution in [2.75, 3.05) is 0 Å². The number of nitrogens with zero attached hydrogens (tertiary/aromatic N) is 4. The fourth-order valence-electron chi connectivity index (χ4n) is 1.83. The topological polar surface area (TPSA) is 115 Å². The third-order valence-corrected chi connectivity index (χ3v) is 2.81. The minimum Gasteiger partial charge on any atom is -0.507 e. The highest BCUT2D eigenvalue weighted by atomic mass is 19.1. The summed E-state index contributed by atoms with van der Waals surface area (Å²) in [6.07, 6.45) is 1.35. The number of rotatable bonds is 3. The first-order chi connectivity index (χ1) is 10.6. The summed E-state index contributed by atoms with van der Waals surface area (Å²) < 4.78 is 18.2. The molecule has 0 fully saturated rings. The van der Waals surface area contributed by atoms with E-state index < -0.39 is 10.7 Å². The maximum atomic E-state index is 13.2. The Hall–Kier alpha value is -3.36. The van der Waals surface area contributed by atoms with Gasteiger partial charge in [0.25, 0.3) is 11.6 Å². The van der Waals surface area contributed by atoms with E-state index in [1.165, 1.54) is 18.3 Å². The molecule has 8 nitrogen and oxygen atoms in total. The fourth-order valence-corrected chi connectivity index (χ4v) is 1.83. The number of hydrogen-bond acceptors (Lipinski definition) is 7. The lowest BCUT2D eigenvalue weighted by Crippen LogP contribution is -1.95. The minimum absolute atomic E-state index is 0.0164. The van der Waals surface area contributed by atoms with Gasteiger partial charge in [-0.15, -0.1) is 0 Å². The Bertz CT molecular complexity index is 865. The van der Waals surface area contributed by atoms with E-state index in [-0.39, 0.29) is 34.4 Å². The molecule has 0 aliphatic carbocycles. The van der Waals surface area contributed by atoms with Crippen LogP contribution in [0.1, 0.15) is 0 Å². The third-order valence-electron chi connectivity index (χ3n) is 2.81. The number of benzene rings is 1. The number of phenols is 1. The van der Waals surface area contributed by atoms with Crippen LogP contribution < -0.4 is 0 Å². The van der Waals surface area contributed by atoms with Gasteiger partial charge < -0.3 is 9.63 Å². The summed E-state index contributed by atoms with van der Waals surface area (Å²) in [6.45, 7) is 0. The van der Waals surface area contributed by atoms with Crippen LogP contribution >= 0.6 is 0 Å². The van der Waals surface area contributed by atoms with Crippen LogP contribution in [-0.2, 0) is 0 Å². The van der Waals surface area contributed by atoms with Gasteiger partial charge in [-0.25, -0.2) is 9.37 Å². The van der Waals surface area contributed by atoms with Crippen LogP contribution in [-0.4, -0.2) is 25.2 Å². The summed E-state index contributed by atoms with van der Waals surface area (Å²) in [5.41, 5.74) is -0.394. The monoisotopic (exact) mass is 302 g/mol. The number of aromatic hydroxyl groups is 1. The molecule has 0 atom stereocenters. The Kier molecular flexibility index (Phi) is 3.22. The quantitative estimate of drug-likeness (QED) is 0.583. The predicted molar refractivity (Wildman–Crippen MR) is 71.2 cm³/mol. The van der Waals surface area contributed by atoms with Crippen molar-refractivity contribution in [3.05, 3.63) is 52.5 Å². The molecule has 0 aliphatic rings. The van der Waals surface area contributed by atoms with E-state index in [9.17, 15) is 19.6 Å². The van der Waals surface area contributed by atoms with Gasteiger partial charge in [-0.3, -0.25) is 10.1 Å². The molecule has 9 heteroatoms. The molecule has 2 heterocycles. The first kappa shape index (κ1) is 13.6. The molecule has 22 heavy (non-hydrogen) atoms. The van der Waals surface area contributed by atoms with Crippen molar-refractivity contribution in [3.63, 3.8) is 0 Å². The Morgan fingerprint density at radius 3 is 2.91 bits per heavy atom. The third kappa shape index (κ3) is 2.35. The predicted octanol–water partition coefficient (Wildman–Crippen LogP) is 2.55. The summed E-state index contributed by atoms with van der Waals surface area (Å²) in [7, 11) is 0. The number of phenolic OH excluding ortho intramolecular Hbond substituents is 1.